The minimum atomic E-state index is -0.0237. The number of amides is 2. The summed E-state index contributed by atoms with van der Waals surface area (Å²) in [6, 6.07) is 0.463. The maximum Gasteiger partial charge on any atom is 0.315 e. The first-order chi connectivity index (χ1) is 9.17. The van der Waals surface area contributed by atoms with E-state index in [1.807, 2.05) is 0 Å². The second-order valence-electron chi connectivity index (χ2n) is 7.18. The van der Waals surface area contributed by atoms with Crippen molar-refractivity contribution in [1.29, 1.82) is 0 Å². The summed E-state index contributed by atoms with van der Waals surface area (Å²) in [4.78, 5) is 12.1. The Morgan fingerprint density at radius 1 is 1.30 bits per heavy atom. The van der Waals surface area contributed by atoms with Gasteiger partial charge in [0, 0.05) is 28.9 Å². The lowest BCUT2D eigenvalue weighted by atomic mass is 9.80. The Morgan fingerprint density at radius 2 is 1.85 bits per heavy atom. The third-order valence-electron chi connectivity index (χ3n) is 3.72. The maximum atomic E-state index is 12.1. The van der Waals surface area contributed by atoms with Gasteiger partial charge in [0.05, 0.1) is 0 Å². The molecule has 0 bridgehead atoms. The van der Waals surface area contributed by atoms with E-state index >= 15 is 0 Å². The van der Waals surface area contributed by atoms with E-state index in [-0.39, 0.29) is 29.2 Å². The van der Waals surface area contributed by atoms with Gasteiger partial charge in [-0.05, 0) is 53.2 Å². The van der Waals surface area contributed by atoms with Crippen LogP contribution in [0, 0.1) is 0 Å². The fraction of sp³-hybridized carbons (Fsp3) is 0.933. The maximum absolute atomic E-state index is 12.1. The zero-order valence-electron chi connectivity index (χ0n) is 13.8. The van der Waals surface area contributed by atoms with Gasteiger partial charge in [-0.25, -0.2) is 4.79 Å². The van der Waals surface area contributed by atoms with Crippen molar-refractivity contribution < 1.29 is 4.79 Å². The molecule has 1 heterocycles. The van der Waals surface area contributed by atoms with E-state index in [2.05, 4.69) is 56.8 Å². The molecule has 2 amide bonds. The van der Waals surface area contributed by atoms with Crippen molar-refractivity contribution in [3.63, 3.8) is 0 Å². The Bertz CT molecular complexity index is 315. The zero-order valence-corrected chi connectivity index (χ0v) is 14.6. The fourth-order valence-electron chi connectivity index (χ4n) is 3.30. The summed E-state index contributed by atoms with van der Waals surface area (Å²) < 4.78 is 0. The molecule has 1 rings (SSSR count). The highest BCUT2D eigenvalue weighted by Crippen LogP contribution is 2.28. The molecule has 0 aromatic carbocycles. The largest absolute Gasteiger partial charge is 0.335 e. The van der Waals surface area contributed by atoms with Gasteiger partial charge in [0.25, 0.3) is 0 Å². The summed E-state index contributed by atoms with van der Waals surface area (Å²) >= 11 is 1.77. The summed E-state index contributed by atoms with van der Waals surface area (Å²) in [6.07, 6.45) is 4.96. The number of carbonyl (C=O) groups is 1. The number of carbonyl (C=O) groups excluding carboxylic acids is 1. The van der Waals surface area contributed by atoms with Crippen LogP contribution in [0.3, 0.4) is 0 Å². The van der Waals surface area contributed by atoms with Gasteiger partial charge in [0.15, 0.2) is 0 Å². The Hall–Kier alpha value is -0.420. The Morgan fingerprint density at radius 3 is 2.30 bits per heavy atom. The highest BCUT2D eigenvalue weighted by Gasteiger charge is 2.38. The molecule has 0 saturated carbocycles. The summed E-state index contributed by atoms with van der Waals surface area (Å²) in [5.41, 5.74) is 0.117. The van der Waals surface area contributed by atoms with Crippen LogP contribution in [0.4, 0.5) is 4.79 Å². The summed E-state index contributed by atoms with van der Waals surface area (Å²) in [6.45, 7) is 10.9. The van der Waals surface area contributed by atoms with Gasteiger partial charge < -0.3 is 16.0 Å². The average Bonchev–Trinajstić information content (AvgIpc) is 2.23. The topological polar surface area (TPSA) is 53.2 Å². The fourth-order valence-corrected chi connectivity index (χ4v) is 4.02. The number of urea groups is 1. The Labute approximate surface area is 128 Å². The molecule has 5 heteroatoms. The summed E-state index contributed by atoms with van der Waals surface area (Å²) in [5.74, 6) is 0.965. The van der Waals surface area contributed by atoms with Crippen molar-refractivity contribution in [2.45, 2.75) is 77.0 Å². The van der Waals surface area contributed by atoms with E-state index in [1.165, 1.54) is 0 Å². The molecule has 0 aromatic rings. The quantitative estimate of drug-likeness (QED) is 0.732. The molecule has 1 fully saturated rings. The van der Waals surface area contributed by atoms with Gasteiger partial charge in [-0.3, -0.25) is 0 Å². The normalized spacial score (nSPS) is 23.1. The van der Waals surface area contributed by atoms with Crippen LogP contribution in [0.15, 0.2) is 0 Å². The predicted molar refractivity (Wildman–Crippen MR) is 88.4 cm³/mol. The molecule has 0 aliphatic carbocycles. The first-order valence-corrected chi connectivity index (χ1v) is 8.92. The van der Waals surface area contributed by atoms with Crippen molar-refractivity contribution in [3.05, 3.63) is 0 Å². The molecule has 3 N–H and O–H groups in total. The van der Waals surface area contributed by atoms with E-state index in [1.54, 1.807) is 11.8 Å². The van der Waals surface area contributed by atoms with E-state index in [0.717, 1.165) is 25.0 Å². The molecule has 1 atom stereocenters. The number of hydrogen-bond acceptors (Lipinski definition) is 3. The molecular weight excluding hydrogens is 270 g/mol. The molecule has 0 aromatic heterocycles. The minimum absolute atomic E-state index is 0.0237. The van der Waals surface area contributed by atoms with E-state index in [9.17, 15) is 4.79 Å². The molecule has 1 aliphatic heterocycles. The van der Waals surface area contributed by atoms with Crippen molar-refractivity contribution in [2.75, 3.05) is 12.0 Å². The third kappa shape index (κ3) is 5.92. The highest BCUT2D eigenvalue weighted by molar-refractivity contribution is 7.98. The molecule has 118 valence electrons. The monoisotopic (exact) mass is 301 g/mol. The van der Waals surface area contributed by atoms with E-state index in [4.69, 9.17) is 0 Å². The van der Waals surface area contributed by atoms with Crippen LogP contribution < -0.4 is 16.0 Å². The average molecular weight is 302 g/mol. The Balaban J connectivity index is 2.52. The molecular formula is C15H31N3OS. The first-order valence-electron chi connectivity index (χ1n) is 7.53. The van der Waals surface area contributed by atoms with Crippen LogP contribution in [0.25, 0.3) is 0 Å². The van der Waals surface area contributed by atoms with Crippen LogP contribution in [0.2, 0.25) is 0 Å². The van der Waals surface area contributed by atoms with E-state index < -0.39 is 0 Å². The number of hydrogen-bond donors (Lipinski definition) is 3. The molecule has 0 spiro atoms. The molecule has 20 heavy (non-hydrogen) atoms. The van der Waals surface area contributed by atoms with Crippen molar-refractivity contribution in [2.24, 2.45) is 0 Å². The lowest BCUT2D eigenvalue weighted by Gasteiger charge is -2.46. The van der Waals surface area contributed by atoms with Gasteiger partial charge in [-0.2, -0.15) is 11.8 Å². The lowest BCUT2D eigenvalue weighted by molar-refractivity contribution is 0.147. The number of piperidine rings is 1. The SMILES string of the molecule is CC[C@H](CSC)NC(=O)NC1CC(C)(C)NC(C)(C)C1. The summed E-state index contributed by atoms with van der Waals surface area (Å²) in [7, 11) is 0. The molecule has 1 saturated heterocycles. The standard InChI is InChI=1S/C15H31N3OS/c1-7-11(10-20-6)16-13(19)17-12-8-14(2,3)18-15(4,5)9-12/h11-12,18H,7-10H2,1-6H3,(H2,16,17,19)/t11-/m1/s1. The van der Waals surface area contributed by atoms with Crippen LogP contribution in [0.5, 0.6) is 0 Å². The van der Waals surface area contributed by atoms with Crippen LogP contribution in [-0.2, 0) is 0 Å². The number of nitrogens with one attached hydrogen (secondary N) is 3. The minimum Gasteiger partial charge on any atom is -0.335 e. The van der Waals surface area contributed by atoms with Crippen molar-refractivity contribution in [1.82, 2.24) is 16.0 Å². The number of rotatable bonds is 5. The van der Waals surface area contributed by atoms with Gasteiger partial charge in [0.2, 0.25) is 0 Å². The van der Waals surface area contributed by atoms with Gasteiger partial charge in [0.1, 0.15) is 0 Å². The predicted octanol–water partition coefficient (Wildman–Crippen LogP) is 2.74. The van der Waals surface area contributed by atoms with Crippen LogP contribution in [0.1, 0.15) is 53.9 Å². The van der Waals surface area contributed by atoms with Crippen LogP contribution in [-0.4, -0.2) is 41.2 Å². The first kappa shape index (κ1) is 17.6. The van der Waals surface area contributed by atoms with Gasteiger partial charge >= 0.3 is 6.03 Å². The summed E-state index contributed by atoms with van der Waals surface area (Å²) in [5, 5.41) is 9.86. The van der Waals surface area contributed by atoms with Crippen molar-refractivity contribution in [3.8, 4) is 0 Å². The lowest BCUT2D eigenvalue weighted by Crippen LogP contribution is -2.63. The smallest absolute Gasteiger partial charge is 0.315 e. The van der Waals surface area contributed by atoms with Gasteiger partial charge in [-0.15, -0.1) is 0 Å². The zero-order chi connectivity index (χ0) is 15.4. The van der Waals surface area contributed by atoms with Crippen molar-refractivity contribution >= 4 is 17.8 Å². The second kappa shape index (κ2) is 7.03. The van der Waals surface area contributed by atoms with Crippen LogP contribution >= 0.6 is 11.8 Å². The second-order valence-corrected chi connectivity index (χ2v) is 8.09. The molecule has 0 radical (unpaired) electrons. The van der Waals surface area contributed by atoms with E-state index in [0.29, 0.717) is 0 Å². The molecule has 1 aliphatic rings. The van der Waals surface area contributed by atoms with Gasteiger partial charge in [-0.1, -0.05) is 6.92 Å². The number of thioether (sulfide) groups is 1. The molecule has 4 nitrogen and oxygen atoms in total. The molecule has 0 unspecified atom stereocenters. The Kier molecular flexibility index (Phi) is 6.20. The third-order valence-corrected chi connectivity index (χ3v) is 4.46. The highest BCUT2D eigenvalue weighted by atomic mass is 32.2.